The molecule has 1 nitrogen and oxygen atoms in total. The van der Waals surface area contributed by atoms with Crippen molar-refractivity contribution in [2.24, 2.45) is 0 Å². The van der Waals surface area contributed by atoms with Crippen molar-refractivity contribution in [1.82, 2.24) is 0 Å². The minimum Gasteiger partial charge on any atom is -0.376 e. The first-order valence-electron chi connectivity index (χ1n) is 5.29. The fraction of sp³-hybridized carbons (Fsp3) is 0.0769. The van der Waals surface area contributed by atoms with Crippen LogP contribution in [0.15, 0.2) is 34.8 Å². The maximum Gasteiger partial charge on any atom is 0.150 e. The molecule has 0 unspecified atom stereocenters. The highest BCUT2D eigenvalue weighted by molar-refractivity contribution is 9.10. The molecule has 0 fully saturated rings. The van der Waals surface area contributed by atoms with Crippen LogP contribution in [-0.4, -0.2) is 0 Å². The second-order valence-electron chi connectivity index (χ2n) is 3.85. The Kier molecular flexibility index (Phi) is 4.37. The molecule has 1 N–H and O–H groups in total. The topological polar surface area (TPSA) is 12.0 Å². The van der Waals surface area contributed by atoms with E-state index in [0.29, 0.717) is 10.0 Å². The molecular weight excluding hydrogens is 343 g/mol. The van der Waals surface area contributed by atoms with Gasteiger partial charge in [-0.05, 0) is 29.8 Å². The molecule has 0 radical (unpaired) electrons. The Labute approximate surface area is 121 Å². The van der Waals surface area contributed by atoms with Crippen LogP contribution in [0.25, 0.3) is 0 Å². The average Bonchev–Trinajstić information content (AvgIpc) is 2.32. The standard InChI is InChI=1S/C13H8BrClF3N/c14-8-4-11(17)13(12(18)5-8)19-6-7-1-2-10(16)9(15)3-7/h1-5,19H,6H2. The maximum atomic E-state index is 13.5. The van der Waals surface area contributed by atoms with Gasteiger partial charge in [0.1, 0.15) is 23.1 Å². The van der Waals surface area contributed by atoms with E-state index < -0.39 is 17.5 Å². The summed E-state index contributed by atoms with van der Waals surface area (Å²) in [7, 11) is 0. The molecule has 0 aromatic heterocycles. The zero-order valence-corrected chi connectivity index (χ0v) is 11.8. The predicted molar refractivity (Wildman–Crippen MR) is 72.8 cm³/mol. The van der Waals surface area contributed by atoms with Gasteiger partial charge in [-0.3, -0.25) is 0 Å². The van der Waals surface area contributed by atoms with Gasteiger partial charge in [0.15, 0.2) is 0 Å². The van der Waals surface area contributed by atoms with Crippen molar-refractivity contribution in [1.29, 1.82) is 0 Å². The van der Waals surface area contributed by atoms with Crippen LogP contribution in [0, 0.1) is 17.5 Å². The van der Waals surface area contributed by atoms with Gasteiger partial charge in [0, 0.05) is 11.0 Å². The molecule has 0 saturated carbocycles. The van der Waals surface area contributed by atoms with Gasteiger partial charge in [-0.15, -0.1) is 0 Å². The second kappa shape index (κ2) is 5.84. The lowest BCUT2D eigenvalue weighted by Gasteiger charge is -2.09. The van der Waals surface area contributed by atoms with Crippen LogP contribution < -0.4 is 5.32 Å². The number of benzene rings is 2. The molecular formula is C13H8BrClF3N. The van der Waals surface area contributed by atoms with Crippen molar-refractivity contribution in [3.8, 4) is 0 Å². The van der Waals surface area contributed by atoms with Crippen LogP contribution in [0.2, 0.25) is 5.02 Å². The molecule has 0 bridgehead atoms. The zero-order chi connectivity index (χ0) is 14.0. The summed E-state index contributed by atoms with van der Waals surface area (Å²) in [5.74, 6) is -1.95. The van der Waals surface area contributed by atoms with Crippen LogP contribution in [0.5, 0.6) is 0 Å². The molecule has 0 saturated heterocycles. The van der Waals surface area contributed by atoms with Gasteiger partial charge in [-0.25, -0.2) is 13.2 Å². The van der Waals surface area contributed by atoms with Crippen LogP contribution >= 0.6 is 27.5 Å². The van der Waals surface area contributed by atoms with E-state index in [4.69, 9.17) is 11.6 Å². The van der Waals surface area contributed by atoms with Gasteiger partial charge in [0.25, 0.3) is 0 Å². The third-order valence-corrected chi connectivity index (χ3v) is 3.21. The van der Waals surface area contributed by atoms with Gasteiger partial charge in [0.2, 0.25) is 0 Å². The molecule has 100 valence electrons. The predicted octanol–water partition coefficient (Wildman–Crippen LogP) is 5.13. The highest BCUT2D eigenvalue weighted by atomic mass is 79.9. The fourth-order valence-corrected chi connectivity index (χ4v) is 2.16. The van der Waals surface area contributed by atoms with Gasteiger partial charge in [-0.2, -0.15) is 0 Å². The lowest BCUT2D eigenvalue weighted by molar-refractivity contribution is 0.586. The molecule has 0 spiro atoms. The van der Waals surface area contributed by atoms with E-state index in [1.54, 1.807) is 0 Å². The van der Waals surface area contributed by atoms with E-state index in [1.165, 1.54) is 18.2 Å². The van der Waals surface area contributed by atoms with Crippen molar-refractivity contribution >= 4 is 33.2 Å². The molecule has 2 aromatic carbocycles. The Morgan fingerprint density at radius 2 is 1.63 bits per heavy atom. The van der Waals surface area contributed by atoms with E-state index in [1.807, 2.05) is 0 Å². The molecule has 2 aromatic rings. The number of hydrogen-bond acceptors (Lipinski definition) is 1. The van der Waals surface area contributed by atoms with Crippen molar-refractivity contribution in [3.63, 3.8) is 0 Å². The minimum absolute atomic E-state index is 0.0314. The summed E-state index contributed by atoms with van der Waals surface area (Å²) in [6.45, 7) is 0.134. The van der Waals surface area contributed by atoms with Crippen LogP contribution in [0.1, 0.15) is 5.56 Å². The molecule has 19 heavy (non-hydrogen) atoms. The molecule has 6 heteroatoms. The first-order valence-corrected chi connectivity index (χ1v) is 6.47. The van der Waals surface area contributed by atoms with Crippen LogP contribution in [0.3, 0.4) is 0 Å². The Morgan fingerprint density at radius 1 is 1.00 bits per heavy atom. The number of nitrogens with one attached hydrogen (secondary N) is 1. The Balaban J connectivity index is 2.16. The molecule has 0 aliphatic carbocycles. The molecule has 0 heterocycles. The van der Waals surface area contributed by atoms with Gasteiger partial charge in [-0.1, -0.05) is 33.6 Å². The summed E-state index contributed by atoms with van der Waals surface area (Å²) in [4.78, 5) is 0. The summed E-state index contributed by atoms with van der Waals surface area (Å²) < 4.78 is 40.4. The number of rotatable bonds is 3. The van der Waals surface area contributed by atoms with Crippen molar-refractivity contribution in [2.45, 2.75) is 6.54 Å². The van der Waals surface area contributed by atoms with Crippen LogP contribution in [0.4, 0.5) is 18.9 Å². The summed E-state index contributed by atoms with van der Waals surface area (Å²) in [5.41, 5.74) is 0.386. The molecule has 0 aliphatic rings. The number of anilines is 1. The normalized spacial score (nSPS) is 10.6. The Hall–Kier alpha value is -1.20. The fourth-order valence-electron chi connectivity index (χ4n) is 1.55. The molecule has 0 atom stereocenters. The van der Waals surface area contributed by atoms with Crippen molar-refractivity contribution in [2.75, 3.05) is 5.32 Å². The first-order chi connectivity index (χ1) is 8.97. The zero-order valence-electron chi connectivity index (χ0n) is 9.48. The second-order valence-corrected chi connectivity index (χ2v) is 5.17. The minimum atomic E-state index is -0.708. The molecule has 0 amide bonds. The Morgan fingerprint density at radius 3 is 2.21 bits per heavy atom. The quantitative estimate of drug-likeness (QED) is 0.809. The Bertz CT molecular complexity index is 596. The third-order valence-electron chi connectivity index (χ3n) is 2.46. The van der Waals surface area contributed by atoms with Crippen molar-refractivity contribution < 1.29 is 13.2 Å². The van der Waals surface area contributed by atoms with E-state index in [0.717, 1.165) is 12.1 Å². The monoisotopic (exact) mass is 349 g/mol. The van der Waals surface area contributed by atoms with E-state index in [9.17, 15) is 13.2 Å². The van der Waals surface area contributed by atoms with Gasteiger partial charge >= 0.3 is 0 Å². The molecule has 2 rings (SSSR count). The summed E-state index contributed by atoms with van der Waals surface area (Å²) in [6.07, 6.45) is 0. The summed E-state index contributed by atoms with van der Waals surface area (Å²) in [6, 6.07) is 6.40. The summed E-state index contributed by atoms with van der Waals surface area (Å²) >= 11 is 8.62. The van der Waals surface area contributed by atoms with Gasteiger partial charge < -0.3 is 5.32 Å². The maximum absolute atomic E-state index is 13.5. The highest BCUT2D eigenvalue weighted by Gasteiger charge is 2.10. The summed E-state index contributed by atoms with van der Waals surface area (Å²) in [5, 5.41) is 2.59. The lowest BCUT2D eigenvalue weighted by atomic mass is 10.2. The van der Waals surface area contributed by atoms with Gasteiger partial charge in [0.05, 0.1) is 5.02 Å². The SMILES string of the molecule is Fc1ccc(CNc2c(F)cc(Br)cc2F)cc1Cl. The third kappa shape index (κ3) is 3.42. The van der Waals surface area contributed by atoms with E-state index in [2.05, 4.69) is 21.2 Å². The molecule has 0 aliphatic heterocycles. The first kappa shape index (κ1) is 14.2. The average molecular weight is 351 g/mol. The highest BCUT2D eigenvalue weighted by Crippen LogP contribution is 2.24. The number of halogens is 5. The number of hydrogen-bond donors (Lipinski definition) is 1. The van der Waals surface area contributed by atoms with E-state index >= 15 is 0 Å². The van der Waals surface area contributed by atoms with Crippen LogP contribution in [-0.2, 0) is 6.54 Å². The largest absolute Gasteiger partial charge is 0.376 e. The smallest absolute Gasteiger partial charge is 0.150 e. The lowest BCUT2D eigenvalue weighted by Crippen LogP contribution is -2.04. The van der Waals surface area contributed by atoms with Crippen molar-refractivity contribution in [3.05, 3.63) is 62.8 Å². The van der Waals surface area contributed by atoms with E-state index in [-0.39, 0.29) is 17.3 Å².